The van der Waals surface area contributed by atoms with Gasteiger partial charge >= 0.3 is 5.97 Å². The Hall–Kier alpha value is -1.51. The van der Waals surface area contributed by atoms with E-state index in [1.54, 1.807) is 6.07 Å². The number of rotatable bonds is 7. The van der Waals surface area contributed by atoms with Gasteiger partial charge < -0.3 is 10.5 Å². The zero-order valence-corrected chi connectivity index (χ0v) is 25.2. The van der Waals surface area contributed by atoms with E-state index < -0.39 is 0 Å². The second kappa shape index (κ2) is 10.8. The quantitative estimate of drug-likeness (QED) is 0.287. The molecule has 4 fully saturated rings. The molecule has 9 unspecified atom stereocenters. The summed E-state index contributed by atoms with van der Waals surface area (Å²) >= 11 is 0. The highest BCUT2D eigenvalue weighted by Crippen LogP contribution is 2.68. The Labute approximate surface area is 233 Å². The smallest absolute Gasteiger partial charge is 0.338 e. The SMILES string of the molecule is Cc1cc(N)cc(C(=O)OC2CCC3(C)C(CCC4C3CCC3(C)C(C(C)CCCC(C)C)CCC43)C2)c1. The van der Waals surface area contributed by atoms with Gasteiger partial charge in [-0.3, -0.25) is 0 Å². The van der Waals surface area contributed by atoms with Crippen molar-refractivity contribution in [2.24, 2.45) is 52.3 Å². The van der Waals surface area contributed by atoms with Gasteiger partial charge in [0, 0.05) is 5.69 Å². The predicted molar refractivity (Wildman–Crippen MR) is 158 cm³/mol. The fraction of sp³-hybridized carbons (Fsp3) is 0.800. The van der Waals surface area contributed by atoms with Crippen LogP contribution in [0.4, 0.5) is 5.69 Å². The number of nitrogen functional groups attached to an aromatic ring is 1. The summed E-state index contributed by atoms with van der Waals surface area (Å²) in [5.74, 6) is 5.84. The molecule has 4 saturated carbocycles. The van der Waals surface area contributed by atoms with E-state index >= 15 is 0 Å². The van der Waals surface area contributed by atoms with Gasteiger partial charge in [-0.1, -0.05) is 53.9 Å². The lowest BCUT2D eigenvalue weighted by molar-refractivity contribution is -0.130. The normalized spacial score (nSPS) is 39.2. The van der Waals surface area contributed by atoms with Gasteiger partial charge in [-0.05, 0) is 141 Å². The van der Waals surface area contributed by atoms with E-state index in [1.807, 2.05) is 19.1 Å². The Kier molecular flexibility index (Phi) is 7.98. The maximum absolute atomic E-state index is 13.0. The van der Waals surface area contributed by atoms with Gasteiger partial charge in [-0.25, -0.2) is 4.79 Å². The van der Waals surface area contributed by atoms with Crippen molar-refractivity contribution in [3.8, 4) is 0 Å². The van der Waals surface area contributed by atoms with Crippen molar-refractivity contribution in [2.75, 3.05) is 5.73 Å². The first-order chi connectivity index (χ1) is 18.0. The summed E-state index contributed by atoms with van der Waals surface area (Å²) in [6.45, 7) is 14.6. The highest BCUT2D eigenvalue weighted by atomic mass is 16.5. The molecule has 0 radical (unpaired) electrons. The van der Waals surface area contributed by atoms with Crippen molar-refractivity contribution in [2.45, 2.75) is 125 Å². The minimum Gasteiger partial charge on any atom is -0.459 e. The number of anilines is 1. The summed E-state index contributed by atoms with van der Waals surface area (Å²) in [5.41, 5.74) is 9.21. The minimum absolute atomic E-state index is 0.0512. The molecule has 38 heavy (non-hydrogen) atoms. The molecule has 9 atom stereocenters. The third-order valence-electron chi connectivity index (χ3n) is 12.4. The fourth-order valence-corrected chi connectivity index (χ4v) is 10.5. The number of aryl methyl sites for hydroxylation is 1. The van der Waals surface area contributed by atoms with Gasteiger partial charge in [-0.15, -0.1) is 0 Å². The monoisotopic (exact) mass is 521 g/mol. The second-order valence-corrected chi connectivity index (χ2v) is 15.1. The summed E-state index contributed by atoms with van der Waals surface area (Å²) in [5, 5.41) is 0. The highest BCUT2D eigenvalue weighted by molar-refractivity contribution is 5.90. The minimum atomic E-state index is -0.198. The molecule has 212 valence electrons. The van der Waals surface area contributed by atoms with Gasteiger partial charge in [0.2, 0.25) is 0 Å². The second-order valence-electron chi connectivity index (χ2n) is 15.1. The van der Waals surface area contributed by atoms with Crippen molar-refractivity contribution in [3.05, 3.63) is 29.3 Å². The number of benzene rings is 1. The van der Waals surface area contributed by atoms with Crippen LogP contribution in [-0.4, -0.2) is 12.1 Å². The standard InChI is InChI=1S/C35H55NO2/c1-22(2)8-7-9-24(4)30-12-13-31-29-11-10-26-21-28(38-33(37)25-18-23(3)19-27(36)20-25)14-16-34(26,5)32(29)15-17-35(30,31)6/h18-20,22,24,26,28-32H,7-17,21,36H2,1-6H3. The molecule has 4 aliphatic rings. The number of ether oxygens (including phenoxy) is 1. The first-order valence-electron chi connectivity index (χ1n) is 16.1. The summed E-state index contributed by atoms with van der Waals surface area (Å²) in [6.07, 6.45) is 16.1. The molecule has 0 aromatic heterocycles. The van der Waals surface area contributed by atoms with Gasteiger partial charge in [0.05, 0.1) is 5.56 Å². The first kappa shape index (κ1) is 28.0. The average Bonchev–Trinajstić information content (AvgIpc) is 3.20. The molecular weight excluding hydrogens is 466 g/mol. The van der Waals surface area contributed by atoms with Crippen LogP contribution in [0.15, 0.2) is 18.2 Å². The van der Waals surface area contributed by atoms with E-state index in [0.717, 1.165) is 53.9 Å². The zero-order valence-electron chi connectivity index (χ0n) is 25.2. The van der Waals surface area contributed by atoms with Crippen LogP contribution < -0.4 is 5.73 Å². The van der Waals surface area contributed by atoms with Crippen molar-refractivity contribution < 1.29 is 9.53 Å². The Morgan fingerprint density at radius 3 is 2.42 bits per heavy atom. The topological polar surface area (TPSA) is 52.3 Å². The molecule has 5 rings (SSSR count). The van der Waals surface area contributed by atoms with Crippen LogP contribution in [0.25, 0.3) is 0 Å². The Morgan fingerprint density at radius 1 is 0.947 bits per heavy atom. The van der Waals surface area contributed by atoms with Crippen LogP contribution in [0.3, 0.4) is 0 Å². The van der Waals surface area contributed by atoms with Crippen LogP contribution >= 0.6 is 0 Å². The van der Waals surface area contributed by atoms with E-state index in [-0.39, 0.29) is 12.1 Å². The Balaban J connectivity index is 1.22. The van der Waals surface area contributed by atoms with Crippen LogP contribution in [0.1, 0.15) is 128 Å². The number of fused-ring (bicyclic) bond motifs is 5. The molecule has 4 aliphatic carbocycles. The number of nitrogens with two attached hydrogens (primary N) is 1. The third kappa shape index (κ3) is 5.17. The zero-order chi connectivity index (χ0) is 27.2. The van der Waals surface area contributed by atoms with Crippen LogP contribution in [0.2, 0.25) is 0 Å². The molecule has 0 saturated heterocycles. The maximum Gasteiger partial charge on any atom is 0.338 e. The number of carbonyl (C=O) groups is 1. The summed E-state index contributed by atoms with van der Waals surface area (Å²) in [7, 11) is 0. The lowest BCUT2D eigenvalue weighted by atomic mass is 9.44. The lowest BCUT2D eigenvalue weighted by Gasteiger charge is -2.61. The third-order valence-corrected chi connectivity index (χ3v) is 12.4. The first-order valence-corrected chi connectivity index (χ1v) is 16.1. The predicted octanol–water partition coefficient (Wildman–Crippen LogP) is 9.22. The molecule has 0 spiro atoms. The summed E-state index contributed by atoms with van der Waals surface area (Å²) in [4.78, 5) is 13.0. The summed E-state index contributed by atoms with van der Waals surface area (Å²) in [6, 6.07) is 5.55. The van der Waals surface area contributed by atoms with Crippen molar-refractivity contribution >= 4 is 11.7 Å². The molecule has 2 N–H and O–H groups in total. The van der Waals surface area contributed by atoms with E-state index in [0.29, 0.717) is 28.0 Å². The molecular formula is C35H55NO2. The van der Waals surface area contributed by atoms with E-state index in [9.17, 15) is 4.79 Å². The molecule has 0 bridgehead atoms. The number of esters is 1. The summed E-state index contributed by atoms with van der Waals surface area (Å²) < 4.78 is 6.10. The van der Waals surface area contributed by atoms with Crippen LogP contribution in [0, 0.1) is 59.2 Å². The Morgan fingerprint density at radius 2 is 1.68 bits per heavy atom. The molecule has 3 nitrogen and oxygen atoms in total. The largest absolute Gasteiger partial charge is 0.459 e. The number of carbonyl (C=O) groups excluding carboxylic acids is 1. The maximum atomic E-state index is 13.0. The van der Waals surface area contributed by atoms with Gasteiger partial charge in [0.15, 0.2) is 0 Å². The van der Waals surface area contributed by atoms with E-state index in [2.05, 4.69) is 34.6 Å². The average molecular weight is 522 g/mol. The van der Waals surface area contributed by atoms with Gasteiger partial charge in [-0.2, -0.15) is 0 Å². The van der Waals surface area contributed by atoms with Crippen LogP contribution in [0.5, 0.6) is 0 Å². The highest BCUT2D eigenvalue weighted by Gasteiger charge is 2.60. The van der Waals surface area contributed by atoms with Crippen molar-refractivity contribution in [1.82, 2.24) is 0 Å². The number of hydrogen-bond donors (Lipinski definition) is 1. The van der Waals surface area contributed by atoms with E-state index in [4.69, 9.17) is 10.5 Å². The molecule has 0 heterocycles. The van der Waals surface area contributed by atoms with Crippen LogP contribution in [-0.2, 0) is 4.74 Å². The molecule has 0 aliphatic heterocycles. The van der Waals surface area contributed by atoms with Gasteiger partial charge in [0.1, 0.15) is 6.10 Å². The van der Waals surface area contributed by atoms with E-state index in [1.165, 1.54) is 64.2 Å². The molecule has 1 aromatic carbocycles. The van der Waals surface area contributed by atoms with Crippen molar-refractivity contribution in [1.29, 1.82) is 0 Å². The molecule has 3 heteroatoms. The molecule has 0 amide bonds. The number of hydrogen-bond acceptors (Lipinski definition) is 3. The van der Waals surface area contributed by atoms with Gasteiger partial charge in [0.25, 0.3) is 0 Å². The fourth-order valence-electron chi connectivity index (χ4n) is 10.5. The lowest BCUT2D eigenvalue weighted by Crippen LogP contribution is -2.54. The Bertz CT molecular complexity index is 981. The van der Waals surface area contributed by atoms with Crippen molar-refractivity contribution in [3.63, 3.8) is 0 Å². The molecule has 1 aromatic rings.